The third-order valence-electron chi connectivity index (χ3n) is 6.08. The van der Waals surface area contributed by atoms with Crippen LogP contribution in [0.5, 0.6) is 17.2 Å². The number of hydrogen-bond donors (Lipinski definition) is 1. The lowest BCUT2D eigenvalue weighted by Crippen LogP contribution is -2.29. The van der Waals surface area contributed by atoms with Gasteiger partial charge in [-0.1, -0.05) is 23.5 Å². The van der Waals surface area contributed by atoms with Crippen LogP contribution in [0.2, 0.25) is 0 Å². The summed E-state index contributed by atoms with van der Waals surface area (Å²) in [7, 11) is 3.08. The monoisotopic (exact) mass is 516 g/mol. The van der Waals surface area contributed by atoms with Crippen molar-refractivity contribution in [3.63, 3.8) is 0 Å². The zero-order chi connectivity index (χ0) is 26.1. The van der Waals surface area contributed by atoms with E-state index in [9.17, 15) is 14.7 Å². The number of aliphatic hydroxyl groups excluding tert-OH is 1. The molecule has 5 rings (SSSR count). The van der Waals surface area contributed by atoms with E-state index in [1.807, 2.05) is 25.1 Å². The standard InChI is InChI=1S/C28H24N2O6S/c1-4-36-20-12-13-21-22(15-20)37-28(29-21)30-24(17-6-5-7-19(14-17)35-3)23(26(32)27(30)33)25(31)16-8-10-18(34-2)11-9-16/h5-15,24,31H,4H2,1-3H3/b25-23+/t24-/m0/s1. The molecule has 0 saturated carbocycles. The van der Waals surface area contributed by atoms with Crippen LogP contribution in [0.25, 0.3) is 16.0 Å². The number of ether oxygens (including phenoxy) is 3. The van der Waals surface area contributed by atoms with Crippen molar-refractivity contribution in [3.05, 3.63) is 83.4 Å². The van der Waals surface area contributed by atoms with Crippen molar-refractivity contribution in [1.82, 2.24) is 4.98 Å². The van der Waals surface area contributed by atoms with Gasteiger partial charge in [0.05, 0.1) is 42.7 Å². The fraction of sp³-hybridized carbons (Fsp3) is 0.179. The van der Waals surface area contributed by atoms with E-state index in [-0.39, 0.29) is 11.3 Å². The number of fused-ring (bicyclic) bond motifs is 1. The van der Waals surface area contributed by atoms with Crippen LogP contribution in [-0.2, 0) is 9.59 Å². The normalized spacial score (nSPS) is 16.8. The average molecular weight is 517 g/mol. The Hall–Kier alpha value is -4.37. The molecular weight excluding hydrogens is 492 g/mol. The van der Waals surface area contributed by atoms with Crippen molar-refractivity contribution < 1.29 is 28.9 Å². The fourth-order valence-electron chi connectivity index (χ4n) is 4.31. The summed E-state index contributed by atoms with van der Waals surface area (Å²) < 4.78 is 17.0. The lowest BCUT2D eigenvalue weighted by molar-refractivity contribution is -0.132. The van der Waals surface area contributed by atoms with E-state index < -0.39 is 17.7 Å². The van der Waals surface area contributed by atoms with Gasteiger partial charge in [0.15, 0.2) is 5.13 Å². The molecule has 0 bridgehead atoms. The first-order valence-electron chi connectivity index (χ1n) is 11.6. The molecule has 0 radical (unpaired) electrons. The van der Waals surface area contributed by atoms with Gasteiger partial charge >= 0.3 is 5.91 Å². The van der Waals surface area contributed by atoms with Gasteiger partial charge in [-0.15, -0.1) is 0 Å². The number of hydrogen-bond acceptors (Lipinski definition) is 8. The van der Waals surface area contributed by atoms with Crippen LogP contribution in [0.15, 0.2) is 72.3 Å². The van der Waals surface area contributed by atoms with Gasteiger partial charge < -0.3 is 19.3 Å². The molecule has 1 aliphatic rings. The largest absolute Gasteiger partial charge is 0.507 e. The maximum atomic E-state index is 13.5. The number of amides is 1. The van der Waals surface area contributed by atoms with Crippen molar-refractivity contribution in [2.24, 2.45) is 0 Å². The smallest absolute Gasteiger partial charge is 0.301 e. The second kappa shape index (κ2) is 9.94. The second-order valence-electron chi connectivity index (χ2n) is 8.23. The number of Topliss-reactive ketones (excluding diaryl/α,β-unsaturated/α-hetero) is 1. The summed E-state index contributed by atoms with van der Waals surface area (Å²) in [6.07, 6.45) is 0. The molecule has 1 aliphatic heterocycles. The highest BCUT2D eigenvalue weighted by molar-refractivity contribution is 7.22. The van der Waals surface area contributed by atoms with E-state index in [1.54, 1.807) is 55.6 Å². The minimum absolute atomic E-state index is 0.0299. The summed E-state index contributed by atoms with van der Waals surface area (Å²) in [6.45, 7) is 2.42. The van der Waals surface area contributed by atoms with E-state index in [1.165, 1.54) is 23.3 Å². The Morgan fingerprint density at radius 1 is 0.973 bits per heavy atom. The van der Waals surface area contributed by atoms with Crippen LogP contribution in [0.4, 0.5) is 5.13 Å². The van der Waals surface area contributed by atoms with Gasteiger partial charge in [-0.2, -0.15) is 0 Å². The number of anilines is 1. The molecule has 2 heterocycles. The third-order valence-corrected chi connectivity index (χ3v) is 7.10. The second-order valence-corrected chi connectivity index (χ2v) is 9.24. The van der Waals surface area contributed by atoms with E-state index in [2.05, 4.69) is 4.98 Å². The van der Waals surface area contributed by atoms with Crippen LogP contribution in [-0.4, -0.2) is 42.6 Å². The number of thiazole rings is 1. The Kier molecular flexibility index (Phi) is 6.54. The molecule has 0 unspecified atom stereocenters. The van der Waals surface area contributed by atoms with E-state index in [0.717, 1.165) is 4.70 Å². The Bertz CT molecular complexity index is 1530. The number of ketones is 1. The maximum Gasteiger partial charge on any atom is 0.301 e. The molecule has 3 aromatic carbocycles. The lowest BCUT2D eigenvalue weighted by Gasteiger charge is -2.23. The van der Waals surface area contributed by atoms with Gasteiger partial charge in [-0.3, -0.25) is 14.5 Å². The predicted octanol–water partition coefficient (Wildman–Crippen LogP) is 5.34. The van der Waals surface area contributed by atoms with Gasteiger partial charge in [0.1, 0.15) is 23.0 Å². The van der Waals surface area contributed by atoms with Crippen molar-refractivity contribution >= 4 is 44.1 Å². The quantitative estimate of drug-likeness (QED) is 0.201. The fourth-order valence-corrected chi connectivity index (χ4v) is 5.33. The maximum absolute atomic E-state index is 13.5. The molecule has 1 amide bonds. The predicted molar refractivity (Wildman–Crippen MR) is 142 cm³/mol. The highest BCUT2D eigenvalue weighted by Crippen LogP contribution is 2.45. The molecule has 4 aromatic rings. The van der Waals surface area contributed by atoms with Crippen molar-refractivity contribution in [3.8, 4) is 17.2 Å². The molecule has 37 heavy (non-hydrogen) atoms. The molecule has 8 nitrogen and oxygen atoms in total. The van der Waals surface area contributed by atoms with Gasteiger partial charge in [0.25, 0.3) is 5.78 Å². The molecule has 1 aromatic heterocycles. The number of carbonyl (C=O) groups is 2. The molecule has 188 valence electrons. The van der Waals surface area contributed by atoms with E-state index >= 15 is 0 Å². The number of methoxy groups -OCH3 is 2. The molecule has 1 fully saturated rings. The summed E-state index contributed by atoms with van der Waals surface area (Å²) >= 11 is 1.27. The highest BCUT2D eigenvalue weighted by atomic mass is 32.1. The summed E-state index contributed by atoms with van der Waals surface area (Å²) in [6, 6.07) is 18.3. The summed E-state index contributed by atoms with van der Waals surface area (Å²) in [5.74, 6) is -0.00465. The van der Waals surface area contributed by atoms with E-state index in [0.29, 0.717) is 45.6 Å². The first-order valence-corrected chi connectivity index (χ1v) is 12.4. The van der Waals surface area contributed by atoms with E-state index in [4.69, 9.17) is 14.2 Å². The molecule has 0 aliphatic carbocycles. The Labute approximate surface area is 217 Å². The SMILES string of the molecule is CCOc1ccc2nc(N3C(=O)C(=O)/C(=C(/O)c4ccc(OC)cc4)[C@@H]3c3cccc(OC)c3)sc2c1. The van der Waals surface area contributed by atoms with Crippen LogP contribution in [0, 0.1) is 0 Å². The summed E-state index contributed by atoms with van der Waals surface area (Å²) in [4.78, 5) is 32.9. The number of aliphatic hydroxyl groups is 1. The highest BCUT2D eigenvalue weighted by Gasteiger charge is 2.48. The van der Waals surface area contributed by atoms with Gasteiger partial charge in [-0.25, -0.2) is 4.98 Å². The molecular formula is C28H24N2O6S. The zero-order valence-electron chi connectivity index (χ0n) is 20.4. The minimum Gasteiger partial charge on any atom is -0.507 e. The molecule has 1 N–H and O–H groups in total. The minimum atomic E-state index is -0.913. The topological polar surface area (TPSA) is 98.2 Å². The first-order chi connectivity index (χ1) is 17.9. The third kappa shape index (κ3) is 4.38. The van der Waals surface area contributed by atoms with Crippen LogP contribution in [0.1, 0.15) is 24.1 Å². The summed E-state index contributed by atoms with van der Waals surface area (Å²) in [5, 5.41) is 11.6. The first kappa shape index (κ1) is 24.3. The molecule has 1 atom stereocenters. The number of benzene rings is 3. The number of carbonyl (C=O) groups excluding carboxylic acids is 2. The number of nitrogens with zero attached hydrogens (tertiary/aromatic N) is 2. The van der Waals surface area contributed by atoms with Crippen LogP contribution in [0.3, 0.4) is 0 Å². The van der Waals surface area contributed by atoms with Crippen molar-refractivity contribution in [1.29, 1.82) is 0 Å². The number of rotatable bonds is 7. The van der Waals surface area contributed by atoms with Gasteiger partial charge in [0.2, 0.25) is 0 Å². The molecule has 1 saturated heterocycles. The Morgan fingerprint density at radius 2 is 1.70 bits per heavy atom. The molecule has 0 spiro atoms. The summed E-state index contributed by atoms with van der Waals surface area (Å²) in [5.41, 5.74) is 1.63. The molecule has 9 heteroatoms. The Balaban J connectivity index is 1.69. The van der Waals surface area contributed by atoms with Crippen LogP contribution >= 0.6 is 11.3 Å². The van der Waals surface area contributed by atoms with Crippen molar-refractivity contribution in [2.75, 3.05) is 25.7 Å². The van der Waals surface area contributed by atoms with Crippen molar-refractivity contribution in [2.45, 2.75) is 13.0 Å². The average Bonchev–Trinajstić information content (AvgIpc) is 3.46. The van der Waals surface area contributed by atoms with Gasteiger partial charge in [-0.05, 0) is 67.1 Å². The lowest BCUT2D eigenvalue weighted by atomic mass is 9.95. The van der Waals surface area contributed by atoms with Gasteiger partial charge in [0, 0.05) is 5.56 Å². The number of aromatic nitrogens is 1. The zero-order valence-corrected chi connectivity index (χ0v) is 21.2. The Morgan fingerprint density at radius 3 is 2.41 bits per heavy atom. The van der Waals surface area contributed by atoms with Crippen LogP contribution < -0.4 is 19.1 Å².